The summed E-state index contributed by atoms with van der Waals surface area (Å²) in [6.07, 6.45) is 0.772. The van der Waals surface area contributed by atoms with Crippen molar-refractivity contribution in [3.8, 4) is 0 Å². The van der Waals surface area contributed by atoms with Gasteiger partial charge in [0.1, 0.15) is 5.82 Å². The largest absolute Gasteiger partial charge is 0.380 e. The molecule has 1 unspecified atom stereocenters. The zero-order valence-corrected chi connectivity index (χ0v) is 16.7. The van der Waals surface area contributed by atoms with Crippen LogP contribution < -0.4 is 11.1 Å². The highest BCUT2D eigenvalue weighted by Crippen LogP contribution is 2.34. The first-order valence-electron chi connectivity index (χ1n) is 8.02. The van der Waals surface area contributed by atoms with Crippen LogP contribution in [0.3, 0.4) is 0 Å². The van der Waals surface area contributed by atoms with E-state index in [1.165, 1.54) is 24.5 Å². The normalized spacial score (nSPS) is 13.6. The Bertz CT molecular complexity index is 735. The standard InChI is InChI=1S/C18H25FN2O2S.ClH/c1-11(2)8-18(3,10-20)21-17(22)16-12(9-23-4)15-13(19)6-5-7-14(15)24-16;/h5-7,11H,8-10,20H2,1-4H3,(H,21,22);1H. The molecular weight excluding hydrogens is 363 g/mol. The van der Waals surface area contributed by atoms with Crippen LogP contribution in [0.4, 0.5) is 4.39 Å². The van der Waals surface area contributed by atoms with Crippen LogP contribution in [0.2, 0.25) is 0 Å². The zero-order chi connectivity index (χ0) is 17.9. The predicted octanol–water partition coefficient (Wildman–Crippen LogP) is 4.10. The van der Waals surface area contributed by atoms with Gasteiger partial charge < -0.3 is 15.8 Å². The quantitative estimate of drug-likeness (QED) is 0.750. The van der Waals surface area contributed by atoms with Gasteiger partial charge in [-0.2, -0.15) is 0 Å². The summed E-state index contributed by atoms with van der Waals surface area (Å²) in [5.41, 5.74) is 5.98. The van der Waals surface area contributed by atoms with Gasteiger partial charge in [0.15, 0.2) is 0 Å². The van der Waals surface area contributed by atoms with Gasteiger partial charge >= 0.3 is 0 Å². The van der Waals surface area contributed by atoms with Crippen molar-refractivity contribution in [3.63, 3.8) is 0 Å². The Hall–Kier alpha value is -1.21. The fourth-order valence-electron chi connectivity index (χ4n) is 3.05. The molecule has 1 aromatic carbocycles. The molecule has 1 atom stereocenters. The van der Waals surface area contributed by atoms with E-state index in [-0.39, 0.29) is 30.7 Å². The molecule has 1 aromatic heterocycles. The van der Waals surface area contributed by atoms with Gasteiger partial charge in [-0.3, -0.25) is 4.79 Å². The van der Waals surface area contributed by atoms with E-state index in [2.05, 4.69) is 19.2 Å². The van der Waals surface area contributed by atoms with Crippen LogP contribution in [-0.4, -0.2) is 25.1 Å². The number of halogens is 2. The minimum atomic E-state index is -0.496. The highest BCUT2D eigenvalue weighted by molar-refractivity contribution is 7.21. The van der Waals surface area contributed by atoms with E-state index in [0.717, 1.165) is 11.1 Å². The summed E-state index contributed by atoms with van der Waals surface area (Å²) >= 11 is 1.28. The number of amides is 1. The van der Waals surface area contributed by atoms with Crippen molar-refractivity contribution in [2.45, 2.75) is 39.3 Å². The second-order valence-electron chi connectivity index (χ2n) is 6.77. The molecule has 0 bridgehead atoms. The summed E-state index contributed by atoms with van der Waals surface area (Å²) in [6, 6.07) is 4.86. The Balaban J connectivity index is 0.00000312. The van der Waals surface area contributed by atoms with E-state index >= 15 is 0 Å². The average Bonchev–Trinajstić information content (AvgIpc) is 2.87. The van der Waals surface area contributed by atoms with E-state index in [0.29, 0.717) is 28.3 Å². The van der Waals surface area contributed by atoms with Crippen molar-refractivity contribution >= 4 is 39.7 Å². The van der Waals surface area contributed by atoms with Crippen molar-refractivity contribution in [2.75, 3.05) is 13.7 Å². The maximum Gasteiger partial charge on any atom is 0.262 e. The van der Waals surface area contributed by atoms with Gasteiger partial charge in [-0.05, 0) is 31.4 Å². The molecule has 2 aromatic rings. The Kier molecular flexibility index (Phi) is 7.81. The van der Waals surface area contributed by atoms with Crippen molar-refractivity contribution < 1.29 is 13.9 Å². The second-order valence-corrected chi connectivity index (χ2v) is 7.82. The van der Waals surface area contributed by atoms with Gasteiger partial charge in [-0.15, -0.1) is 23.7 Å². The highest BCUT2D eigenvalue weighted by atomic mass is 35.5. The number of carbonyl (C=O) groups excluding carboxylic acids is 1. The summed E-state index contributed by atoms with van der Waals surface area (Å²) in [5.74, 6) is -0.160. The van der Waals surface area contributed by atoms with Crippen LogP contribution >= 0.6 is 23.7 Å². The fourth-order valence-corrected chi connectivity index (χ4v) is 4.17. The first kappa shape index (κ1) is 21.8. The number of nitrogens with one attached hydrogen (secondary N) is 1. The molecular formula is C18H26ClFN2O2S. The molecule has 25 heavy (non-hydrogen) atoms. The molecule has 0 fully saturated rings. The SMILES string of the molecule is COCc1c(C(=O)NC(C)(CN)CC(C)C)sc2cccc(F)c12.Cl. The third-order valence-electron chi connectivity index (χ3n) is 3.98. The van der Waals surface area contributed by atoms with Crippen LogP contribution in [0.5, 0.6) is 0 Å². The lowest BCUT2D eigenvalue weighted by Crippen LogP contribution is -2.52. The maximum absolute atomic E-state index is 14.2. The third-order valence-corrected chi connectivity index (χ3v) is 5.18. The molecule has 0 spiro atoms. The minimum absolute atomic E-state index is 0. The molecule has 0 aliphatic carbocycles. The molecule has 0 saturated heterocycles. The summed E-state index contributed by atoms with van der Waals surface area (Å²) in [5, 5.41) is 3.50. The topological polar surface area (TPSA) is 64.3 Å². The van der Waals surface area contributed by atoms with E-state index < -0.39 is 5.54 Å². The van der Waals surface area contributed by atoms with Crippen molar-refractivity contribution in [1.29, 1.82) is 0 Å². The van der Waals surface area contributed by atoms with Gasteiger partial charge in [-0.1, -0.05) is 19.9 Å². The predicted molar refractivity (Wildman–Crippen MR) is 104 cm³/mol. The summed E-state index contributed by atoms with van der Waals surface area (Å²) in [4.78, 5) is 13.3. The first-order valence-corrected chi connectivity index (χ1v) is 8.84. The number of fused-ring (bicyclic) bond motifs is 1. The van der Waals surface area contributed by atoms with Crippen LogP contribution in [0.25, 0.3) is 10.1 Å². The van der Waals surface area contributed by atoms with Crippen molar-refractivity contribution in [3.05, 3.63) is 34.5 Å². The molecule has 2 rings (SSSR count). The molecule has 3 N–H and O–H groups in total. The number of hydrogen-bond donors (Lipinski definition) is 2. The molecule has 0 radical (unpaired) electrons. The van der Waals surface area contributed by atoms with Crippen molar-refractivity contribution in [2.24, 2.45) is 11.7 Å². The lowest BCUT2D eigenvalue weighted by atomic mass is 9.90. The Morgan fingerprint density at radius 3 is 2.68 bits per heavy atom. The zero-order valence-electron chi connectivity index (χ0n) is 15.0. The number of hydrogen-bond acceptors (Lipinski definition) is 4. The first-order chi connectivity index (χ1) is 11.3. The number of rotatable bonds is 7. The summed E-state index contributed by atoms with van der Waals surface area (Å²) < 4.78 is 20.2. The monoisotopic (exact) mass is 388 g/mol. The molecule has 1 amide bonds. The summed E-state index contributed by atoms with van der Waals surface area (Å²) in [6.45, 7) is 6.65. The molecule has 0 saturated carbocycles. The van der Waals surface area contributed by atoms with Crippen LogP contribution in [-0.2, 0) is 11.3 Å². The van der Waals surface area contributed by atoms with Gasteiger partial charge in [0, 0.05) is 29.3 Å². The highest BCUT2D eigenvalue weighted by Gasteiger charge is 2.29. The van der Waals surface area contributed by atoms with Gasteiger partial charge in [0.25, 0.3) is 5.91 Å². The number of nitrogens with two attached hydrogens (primary N) is 1. The molecule has 4 nitrogen and oxygen atoms in total. The Morgan fingerprint density at radius 1 is 1.44 bits per heavy atom. The smallest absolute Gasteiger partial charge is 0.262 e. The lowest BCUT2D eigenvalue weighted by molar-refractivity contribution is 0.0898. The number of ether oxygens (including phenoxy) is 1. The Morgan fingerprint density at radius 2 is 2.12 bits per heavy atom. The number of carbonyl (C=O) groups is 1. The van der Waals surface area contributed by atoms with Crippen LogP contribution in [0.1, 0.15) is 42.4 Å². The van der Waals surface area contributed by atoms with Crippen molar-refractivity contribution in [1.82, 2.24) is 5.32 Å². The minimum Gasteiger partial charge on any atom is -0.380 e. The van der Waals surface area contributed by atoms with Crippen LogP contribution in [0.15, 0.2) is 18.2 Å². The van der Waals surface area contributed by atoms with E-state index in [1.807, 2.05) is 13.0 Å². The van der Waals surface area contributed by atoms with Gasteiger partial charge in [0.2, 0.25) is 0 Å². The lowest BCUT2D eigenvalue weighted by Gasteiger charge is -2.31. The van der Waals surface area contributed by atoms with Gasteiger partial charge in [0.05, 0.1) is 17.0 Å². The molecule has 0 aliphatic heterocycles. The number of benzene rings is 1. The molecule has 7 heteroatoms. The number of thiophene rings is 1. The second kappa shape index (κ2) is 8.94. The Labute approximate surface area is 158 Å². The molecule has 0 aliphatic rings. The van der Waals surface area contributed by atoms with E-state index in [4.69, 9.17) is 10.5 Å². The van der Waals surface area contributed by atoms with E-state index in [1.54, 1.807) is 6.07 Å². The fraction of sp³-hybridized carbons (Fsp3) is 0.500. The average molecular weight is 389 g/mol. The number of methoxy groups -OCH3 is 1. The molecule has 1 heterocycles. The molecule has 140 valence electrons. The van der Waals surface area contributed by atoms with Gasteiger partial charge in [-0.25, -0.2) is 4.39 Å². The third kappa shape index (κ3) is 4.91. The van der Waals surface area contributed by atoms with E-state index in [9.17, 15) is 9.18 Å². The summed E-state index contributed by atoms with van der Waals surface area (Å²) in [7, 11) is 1.54. The van der Waals surface area contributed by atoms with Crippen LogP contribution in [0, 0.1) is 11.7 Å². The maximum atomic E-state index is 14.2.